The molecule has 1 atom stereocenters. The molecule has 2 aliphatic rings. The first-order valence-corrected chi connectivity index (χ1v) is 6.62. The summed E-state index contributed by atoms with van der Waals surface area (Å²) in [5, 5.41) is 3.38. The number of carbonyl (C=O) groups is 1. The third kappa shape index (κ3) is 3.04. The van der Waals surface area contributed by atoms with E-state index in [0.717, 1.165) is 25.9 Å². The van der Waals surface area contributed by atoms with E-state index in [9.17, 15) is 4.79 Å². The predicted molar refractivity (Wildman–Crippen MR) is 61.8 cm³/mol. The molecule has 15 heavy (non-hydrogen) atoms. The quantitative estimate of drug-likeness (QED) is 0.757. The number of nitrogens with one attached hydrogen (secondary N) is 1. The first kappa shape index (κ1) is 11.1. The highest BCUT2D eigenvalue weighted by Gasteiger charge is 2.28. The van der Waals surface area contributed by atoms with Crippen molar-refractivity contribution in [3.05, 3.63) is 0 Å². The first-order valence-electron chi connectivity index (χ1n) is 6.62. The Balaban J connectivity index is 1.87. The van der Waals surface area contributed by atoms with Gasteiger partial charge in [-0.05, 0) is 45.2 Å². The van der Waals surface area contributed by atoms with Crippen LogP contribution in [-0.4, -0.2) is 18.9 Å². The highest BCUT2D eigenvalue weighted by atomic mass is 16.1. The van der Waals surface area contributed by atoms with Gasteiger partial charge in [0.05, 0.1) is 0 Å². The Kier molecular flexibility index (Phi) is 4.18. The molecule has 1 aliphatic heterocycles. The standard InChI is InChI=1S/C13H23NO/c15-13(11-5-2-1-3-6-11)12-7-4-9-14-10-8-12/h11-12,14H,1-10H2. The monoisotopic (exact) mass is 209 g/mol. The van der Waals surface area contributed by atoms with Crippen molar-refractivity contribution < 1.29 is 4.79 Å². The average Bonchev–Trinajstić information content (AvgIpc) is 2.58. The fourth-order valence-electron chi connectivity index (χ4n) is 3.02. The molecule has 1 N–H and O–H groups in total. The molecule has 0 spiro atoms. The van der Waals surface area contributed by atoms with Gasteiger partial charge in [-0.25, -0.2) is 0 Å². The van der Waals surface area contributed by atoms with Crippen molar-refractivity contribution in [3.63, 3.8) is 0 Å². The fourth-order valence-corrected chi connectivity index (χ4v) is 3.02. The van der Waals surface area contributed by atoms with E-state index < -0.39 is 0 Å². The molecule has 0 bridgehead atoms. The lowest BCUT2D eigenvalue weighted by Crippen LogP contribution is -2.26. The maximum Gasteiger partial charge on any atom is 0.139 e. The molecule has 1 unspecified atom stereocenters. The summed E-state index contributed by atoms with van der Waals surface area (Å²) >= 11 is 0. The Morgan fingerprint density at radius 2 is 1.47 bits per heavy atom. The Bertz CT molecular complexity index is 201. The summed E-state index contributed by atoms with van der Waals surface area (Å²) in [5.74, 6) is 1.39. The lowest BCUT2D eigenvalue weighted by molar-refractivity contribution is -0.128. The second-order valence-corrected chi connectivity index (χ2v) is 5.12. The van der Waals surface area contributed by atoms with Crippen LogP contribution in [0.2, 0.25) is 0 Å². The van der Waals surface area contributed by atoms with Crippen LogP contribution < -0.4 is 5.32 Å². The van der Waals surface area contributed by atoms with Crippen molar-refractivity contribution in [3.8, 4) is 0 Å². The minimum Gasteiger partial charge on any atom is -0.317 e. The van der Waals surface area contributed by atoms with Gasteiger partial charge in [-0.1, -0.05) is 19.3 Å². The lowest BCUT2D eigenvalue weighted by Gasteiger charge is -2.24. The normalized spacial score (nSPS) is 29.7. The van der Waals surface area contributed by atoms with Crippen LogP contribution in [0, 0.1) is 11.8 Å². The minimum absolute atomic E-state index is 0.378. The molecule has 1 saturated carbocycles. The van der Waals surface area contributed by atoms with Crippen molar-refractivity contribution in [1.82, 2.24) is 5.32 Å². The van der Waals surface area contributed by atoms with Crippen LogP contribution >= 0.6 is 0 Å². The van der Waals surface area contributed by atoms with Gasteiger partial charge >= 0.3 is 0 Å². The molecule has 2 nitrogen and oxygen atoms in total. The molecule has 0 radical (unpaired) electrons. The van der Waals surface area contributed by atoms with E-state index in [4.69, 9.17) is 0 Å². The van der Waals surface area contributed by atoms with Crippen LogP contribution in [-0.2, 0) is 4.79 Å². The van der Waals surface area contributed by atoms with Gasteiger partial charge < -0.3 is 5.32 Å². The maximum absolute atomic E-state index is 12.3. The van der Waals surface area contributed by atoms with E-state index in [1.54, 1.807) is 0 Å². The van der Waals surface area contributed by atoms with E-state index in [0.29, 0.717) is 17.6 Å². The zero-order valence-electron chi connectivity index (χ0n) is 9.63. The number of ketones is 1. The molecule has 0 aromatic heterocycles. The second-order valence-electron chi connectivity index (χ2n) is 5.12. The van der Waals surface area contributed by atoms with Crippen LogP contribution in [0.3, 0.4) is 0 Å². The summed E-state index contributed by atoms with van der Waals surface area (Å²) in [6.45, 7) is 2.15. The van der Waals surface area contributed by atoms with Crippen LogP contribution in [0.25, 0.3) is 0 Å². The third-order valence-electron chi connectivity index (χ3n) is 3.99. The number of rotatable bonds is 2. The van der Waals surface area contributed by atoms with Crippen LogP contribution in [0.1, 0.15) is 51.4 Å². The molecule has 1 aliphatic carbocycles. The van der Waals surface area contributed by atoms with Crippen molar-refractivity contribution in [1.29, 1.82) is 0 Å². The van der Waals surface area contributed by atoms with Crippen molar-refractivity contribution in [2.24, 2.45) is 11.8 Å². The third-order valence-corrected chi connectivity index (χ3v) is 3.99. The Labute approximate surface area is 92.8 Å². The molecule has 86 valence electrons. The van der Waals surface area contributed by atoms with Gasteiger partial charge in [0, 0.05) is 11.8 Å². The van der Waals surface area contributed by atoms with Gasteiger partial charge in [0.2, 0.25) is 0 Å². The molecule has 1 saturated heterocycles. The van der Waals surface area contributed by atoms with E-state index in [-0.39, 0.29) is 0 Å². The van der Waals surface area contributed by atoms with Crippen molar-refractivity contribution >= 4 is 5.78 Å². The summed E-state index contributed by atoms with van der Waals surface area (Å²) in [4.78, 5) is 12.3. The van der Waals surface area contributed by atoms with Gasteiger partial charge in [-0.3, -0.25) is 4.79 Å². The summed E-state index contributed by atoms with van der Waals surface area (Å²) in [6, 6.07) is 0. The van der Waals surface area contributed by atoms with Crippen LogP contribution in [0.5, 0.6) is 0 Å². The van der Waals surface area contributed by atoms with E-state index >= 15 is 0 Å². The second kappa shape index (κ2) is 5.64. The summed E-state index contributed by atoms with van der Waals surface area (Å²) in [7, 11) is 0. The molecule has 2 rings (SSSR count). The topological polar surface area (TPSA) is 29.1 Å². The van der Waals surface area contributed by atoms with E-state index in [1.807, 2.05) is 0 Å². The Hall–Kier alpha value is -0.370. The molecular weight excluding hydrogens is 186 g/mol. The number of carbonyl (C=O) groups excluding carboxylic acids is 1. The van der Waals surface area contributed by atoms with Gasteiger partial charge in [0.15, 0.2) is 0 Å². The molecule has 0 aromatic carbocycles. The van der Waals surface area contributed by atoms with Gasteiger partial charge in [-0.2, -0.15) is 0 Å². The SMILES string of the molecule is O=C(C1CCCCC1)C1CCCNCC1. The van der Waals surface area contributed by atoms with Crippen molar-refractivity contribution in [2.45, 2.75) is 51.4 Å². The summed E-state index contributed by atoms with van der Waals surface area (Å²) in [5.41, 5.74) is 0. The predicted octanol–water partition coefficient (Wildman–Crippen LogP) is 2.53. The van der Waals surface area contributed by atoms with Crippen LogP contribution in [0.15, 0.2) is 0 Å². The molecule has 0 aromatic rings. The highest BCUT2D eigenvalue weighted by Crippen LogP contribution is 2.29. The zero-order chi connectivity index (χ0) is 10.5. The Morgan fingerprint density at radius 3 is 2.27 bits per heavy atom. The average molecular weight is 209 g/mol. The van der Waals surface area contributed by atoms with E-state index in [1.165, 1.54) is 38.5 Å². The molecule has 1 heterocycles. The van der Waals surface area contributed by atoms with E-state index in [2.05, 4.69) is 5.32 Å². The van der Waals surface area contributed by atoms with Gasteiger partial charge in [0.1, 0.15) is 5.78 Å². The van der Waals surface area contributed by atoms with Gasteiger partial charge in [0.25, 0.3) is 0 Å². The number of Topliss-reactive ketones (excluding diaryl/α,β-unsaturated/α-hetero) is 1. The molecule has 2 heteroatoms. The van der Waals surface area contributed by atoms with Crippen LogP contribution in [0.4, 0.5) is 0 Å². The fraction of sp³-hybridized carbons (Fsp3) is 0.923. The highest BCUT2D eigenvalue weighted by molar-refractivity contribution is 5.83. The maximum atomic E-state index is 12.3. The zero-order valence-corrected chi connectivity index (χ0v) is 9.63. The minimum atomic E-state index is 0.378. The number of hydrogen-bond donors (Lipinski definition) is 1. The molecular formula is C13H23NO. The first-order chi connectivity index (χ1) is 7.38. The summed E-state index contributed by atoms with van der Waals surface area (Å²) in [6.07, 6.45) is 9.63. The number of hydrogen-bond acceptors (Lipinski definition) is 2. The summed E-state index contributed by atoms with van der Waals surface area (Å²) < 4.78 is 0. The molecule has 2 fully saturated rings. The largest absolute Gasteiger partial charge is 0.317 e. The lowest BCUT2D eigenvalue weighted by atomic mass is 9.79. The molecule has 0 amide bonds. The van der Waals surface area contributed by atoms with Crippen molar-refractivity contribution in [2.75, 3.05) is 13.1 Å². The Morgan fingerprint density at radius 1 is 0.800 bits per heavy atom. The van der Waals surface area contributed by atoms with Gasteiger partial charge in [-0.15, -0.1) is 0 Å². The smallest absolute Gasteiger partial charge is 0.139 e.